The summed E-state index contributed by atoms with van der Waals surface area (Å²) in [5, 5.41) is 3.15. The molecule has 1 aromatic heterocycles. The van der Waals surface area contributed by atoms with Crippen LogP contribution in [0, 0.1) is 6.92 Å². The SMILES string of the molecule is COc1cccc(CN2CCC(NC(=O)CCc3c(C)nc(N4CCOCC4)[nH]c3=O)CC2)c1. The van der Waals surface area contributed by atoms with Crippen molar-refractivity contribution in [3.05, 3.63) is 51.4 Å². The van der Waals surface area contributed by atoms with Crippen LogP contribution in [-0.4, -0.2) is 73.3 Å². The zero-order chi connectivity index (χ0) is 23.9. The summed E-state index contributed by atoms with van der Waals surface area (Å²) in [6, 6.07) is 8.33. The van der Waals surface area contributed by atoms with Crippen LogP contribution in [0.15, 0.2) is 29.1 Å². The number of methoxy groups -OCH3 is 1. The summed E-state index contributed by atoms with van der Waals surface area (Å²) < 4.78 is 10.7. The van der Waals surface area contributed by atoms with Gasteiger partial charge in [0.1, 0.15) is 5.75 Å². The molecular formula is C25H35N5O4. The second-order valence-corrected chi connectivity index (χ2v) is 9.02. The number of piperidine rings is 1. The molecule has 2 aliphatic heterocycles. The molecule has 2 N–H and O–H groups in total. The van der Waals surface area contributed by atoms with Crippen LogP contribution < -0.4 is 20.5 Å². The predicted molar refractivity (Wildman–Crippen MR) is 130 cm³/mol. The van der Waals surface area contributed by atoms with Crippen LogP contribution in [0.5, 0.6) is 5.75 Å². The van der Waals surface area contributed by atoms with E-state index in [1.54, 1.807) is 7.11 Å². The molecule has 2 saturated heterocycles. The molecule has 4 rings (SSSR count). The van der Waals surface area contributed by atoms with E-state index in [1.807, 2.05) is 24.0 Å². The number of ether oxygens (including phenoxy) is 2. The first-order valence-corrected chi connectivity index (χ1v) is 12.1. The molecule has 0 unspecified atom stereocenters. The molecule has 2 fully saturated rings. The molecular weight excluding hydrogens is 434 g/mol. The van der Waals surface area contributed by atoms with E-state index < -0.39 is 0 Å². The van der Waals surface area contributed by atoms with E-state index >= 15 is 0 Å². The molecule has 1 aromatic carbocycles. The summed E-state index contributed by atoms with van der Waals surface area (Å²) in [5.41, 5.74) is 2.34. The molecule has 184 valence electrons. The van der Waals surface area contributed by atoms with Gasteiger partial charge in [0.25, 0.3) is 5.56 Å². The molecule has 0 spiro atoms. The Kier molecular flexibility index (Phi) is 8.18. The molecule has 2 aliphatic rings. The first kappa shape index (κ1) is 24.2. The molecule has 9 heteroatoms. The molecule has 0 saturated carbocycles. The lowest BCUT2D eigenvalue weighted by Gasteiger charge is -2.32. The number of carbonyl (C=O) groups is 1. The monoisotopic (exact) mass is 469 g/mol. The second kappa shape index (κ2) is 11.5. The fraction of sp³-hybridized carbons (Fsp3) is 0.560. The lowest BCUT2D eigenvalue weighted by atomic mass is 10.0. The van der Waals surface area contributed by atoms with Gasteiger partial charge >= 0.3 is 0 Å². The number of nitrogens with one attached hydrogen (secondary N) is 2. The highest BCUT2D eigenvalue weighted by Crippen LogP contribution is 2.18. The maximum absolute atomic E-state index is 12.6. The number of rotatable bonds is 8. The largest absolute Gasteiger partial charge is 0.497 e. The van der Waals surface area contributed by atoms with Gasteiger partial charge in [-0.1, -0.05) is 12.1 Å². The molecule has 0 aliphatic carbocycles. The molecule has 9 nitrogen and oxygen atoms in total. The predicted octanol–water partition coefficient (Wildman–Crippen LogP) is 1.64. The van der Waals surface area contributed by atoms with E-state index in [2.05, 4.69) is 32.3 Å². The van der Waals surface area contributed by atoms with Gasteiger partial charge < -0.3 is 19.7 Å². The number of benzene rings is 1. The average molecular weight is 470 g/mol. The number of aromatic amines is 1. The Morgan fingerprint density at radius 2 is 2.00 bits per heavy atom. The molecule has 1 amide bonds. The van der Waals surface area contributed by atoms with Crippen LogP contribution in [-0.2, 0) is 22.5 Å². The van der Waals surface area contributed by atoms with Crippen molar-refractivity contribution in [2.75, 3.05) is 51.4 Å². The number of aromatic nitrogens is 2. The maximum Gasteiger partial charge on any atom is 0.255 e. The summed E-state index contributed by atoms with van der Waals surface area (Å²) in [5.74, 6) is 1.45. The van der Waals surface area contributed by atoms with E-state index in [0.29, 0.717) is 49.9 Å². The highest BCUT2D eigenvalue weighted by molar-refractivity contribution is 5.76. The standard InChI is InChI=1S/C25H35N5O4/c1-18-22(24(32)28-25(26-18)30-12-14-34-15-13-30)6-7-23(31)27-20-8-10-29(11-9-20)17-19-4-3-5-21(16-19)33-2/h3-5,16,20H,6-15,17H2,1-2H3,(H,27,31)(H,26,28,32). The molecule has 0 atom stereocenters. The third-order valence-corrected chi connectivity index (χ3v) is 6.62. The number of hydrogen-bond acceptors (Lipinski definition) is 7. The number of aryl methyl sites for hydroxylation is 1. The van der Waals surface area contributed by atoms with Crippen molar-refractivity contribution >= 4 is 11.9 Å². The van der Waals surface area contributed by atoms with E-state index in [0.717, 1.165) is 38.2 Å². The number of likely N-dealkylation sites (tertiary alicyclic amines) is 1. The van der Waals surface area contributed by atoms with Crippen LogP contribution in [0.1, 0.15) is 36.1 Å². The Morgan fingerprint density at radius 1 is 1.24 bits per heavy atom. The first-order valence-electron chi connectivity index (χ1n) is 12.1. The molecule has 0 radical (unpaired) electrons. The van der Waals surface area contributed by atoms with E-state index in [-0.39, 0.29) is 23.9 Å². The zero-order valence-electron chi connectivity index (χ0n) is 20.1. The van der Waals surface area contributed by atoms with Gasteiger partial charge in [-0.25, -0.2) is 4.98 Å². The van der Waals surface area contributed by atoms with Crippen LogP contribution in [0.25, 0.3) is 0 Å². The smallest absolute Gasteiger partial charge is 0.255 e. The minimum Gasteiger partial charge on any atom is -0.497 e. The number of anilines is 1. The van der Waals surface area contributed by atoms with E-state index in [9.17, 15) is 9.59 Å². The number of carbonyl (C=O) groups excluding carboxylic acids is 1. The van der Waals surface area contributed by atoms with Gasteiger partial charge in [0.2, 0.25) is 11.9 Å². The van der Waals surface area contributed by atoms with Crippen LogP contribution >= 0.6 is 0 Å². The highest BCUT2D eigenvalue weighted by atomic mass is 16.5. The van der Waals surface area contributed by atoms with Crippen molar-refractivity contribution in [2.24, 2.45) is 0 Å². The number of nitrogens with zero attached hydrogens (tertiary/aromatic N) is 3. The van der Waals surface area contributed by atoms with Crippen LogP contribution in [0.2, 0.25) is 0 Å². The molecule has 2 aromatic rings. The molecule has 3 heterocycles. The summed E-state index contributed by atoms with van der Waals surface area (Å²) >= 11 is 0. The van der Waals surface area contributed by atoms with Crippen molar-refractivity contribution in [2.45, 2.75) is 45.2 Å². The summed E-state index contributed by atoms with van der Waals surface area (Å²) in [6.45, 7) is 7.28. The third-order valence-electron chi connectivity index (χ3n) is 6.62. The van der Waals surface area contributed by atoms with E-state index in [1.165, 1.54) is 5.56 Å². The number of morpholine rings is 1. The van der Waals surface area contributed by atoms with Crippen molar-refractivity contribution in [1.82, 2.24) is 20.2 Å². The Hall–Kier alpha value is -2.91. The fourth-order valence-electron chi connectivity index (χ4n) is 4.62. The van der Waals surface area contributed by atoms with Crippen molar-refractivity contribution in [3.8, 4) is 5.75 Å². The lowest BCUT2D eigenvalue weighted by molar-refractivity contribution is -0.122. The number of hydrogen-bond donors (Lipinski definition) is 2. The number of amides is 1. The zero-order valence-corrected chi connectivity index (χ0v) is 20.1. The third kappa shape index (κ3) is 6.36. The summed E-state index contributed by atoms with van der Waals surface area (Å²) in [6.07, 6.45) is 2.51. The Labute approximate surface area is 200 Å². The Bertz CT molecular complexity index is 1030. The van der Waals surface area contributed by atoms with Crippen LogP contribution in [0.3, 0.4) is 0 Å². The van der Waals surface area contributed by atoms with Gasteiger partial charge in [0.05, 0.1) is 20.3 Å². The summed E-state index contributed by atoms with van der Waals surface area (Å²) in [7, 11) is 1.68. The van der Waals surface area contributed by atoms with Gasteiger partial charge in [0, 0.05) is 56.4 Å². The van der Waals surface area contributed by atoms with E-state index in [4.69, 9.17) is 9.47 Å². The van der Waals surface area contributed by atoms with Crippen molar-refractivity contribution < 1.29 is 14.3 Å². The Balaban J connectivity index is 1.23. The second-order valence-electron chi connectivity index (χ2n) is 9.02. The fourth-order valence-corrected chi connectivity index (χ4v) is 4.62. The summed E-state index contributed by atoms with van der Waals surface area (Å²) in [4.78, 5) is 37.1. The van der Waals surface area contributed by atoms with Crippen LogP contribution in [0.4, 0.5) is 5.95 Å². The lowest BCUT2D eigenvalue weighted by Crippen LogP contribution is -2.44. The Morgan fingerprint density at radius 3 is 2.71 bits per heavy atom. The molecule has 34 heavy (non-hydrogen) atoms. The normalized spacial score (nSPS) is 17.5. The van der Waals surface area contributed by atoms with Crippen molar-refractivity contribution in [1.29, 1.82) is 0 Å². The van der Waals surface area contributed by atoms with Crippen molar-refractivity contribution in [3.63, 3.8) is 0 Å². The average Bonchev–Trinajstić information content (AvgIpc) is 2.85. The van der Waals surface area contributed by atoms with Gasteiger partial charge in [-0.2, -0.15) is 0 Å². The topological polar surface area (TPSA) is 99.8 Å². The molecule has 0 bridgehead atoms. The van der Waals surface area contributed by atoms with Gasteiger partial charge in [-0.3, -0.25) is 19.5 Å². The number of H-pyrrole nitrogens is 1. The first-order chi connectivity index (χ1) is 16.5. The highest BCUT2D eigenvalue weighted by Gasteiger charge is 2.22. The maximum atomic E-state index is 12.6. The van der Waals surface area contributed by atoms with Gasteiger partial charge in [-0.15, -0.1) is 0 Å². The minimum absolute atomic E-state index is 0.0118. The quantitative estimate of drug-likeness (QED) is 0.606. The van der Waals surface area contributed by atoms with Gasteiger partial charge in [-0.05, 0) is 43.9 Å². The van der Waals surface area contributed by atoms with Gasteiger partial charge in [0.15, 0.2) is 0 Å². The minimum atomic E-state index is -0.160.